The van der Waals surface area contributed by atoms with Crippen LogP contribution in [-0.4, -0.2) is 42.8 Å². The molecule has 0 heterocycles. The van der Waals surface area contributed by atoms with E-state index in [2.05, 4.69) is 26.0 Å². The lowest BCUT2D eigenvalue weighted by Gasteiger charge is -2.20. The summed E-state index contributed by atoms with van der Waals surface area (Å²) in [6.45, 7) is 5.76. The van der Waals surface area contributed by atoms with Crippen molar-refractivity contribution in [2.45, 2.75) is 200 Å². The van der Waals surface area contributed by atoms with E-state index in [1.807, 2.05) is 6.92 Å². The maximum absolute atomic E-state index is 12.5. The number of carbonyl (C=O) groups excluding carboxylic acids is 2. The Morgan fingerprint density at radius 2 is 0.979 bits per heavy atom. The molecule has 9 heteroatoms. The largest absolute Gasteiger partial charge is 0.472 e. The quantitative estimate of drug-likeness (QED) is 0.0300. The minimum atomic E-state index is -4.29. The fraction of sp³-hybridized carbons (Fsp3) is 0.895. The van der Waals surface area contributed by atoms with Crippen LogP contribution in [0.1, 0.15) is 194 Å². The summed E-state index contributed by atoms with van der Waals surface area (Å²) < 4.78 is 32.9. The van der Waals surface area contributed by atoms with Crippen molar-refractivity contribution in [2.24, 2.45) is 0 Å². The van der Waals surface area contributed by atoms with Gasteiger partial charge in [-0.25, -0.2) is 4.57 Å². The molecule has 0 spiro atoms. The first-order valence-corrected chi connectivity index (χ1v) is 21.0. The van der Waals surface area contributed by atoms with E-state index in [0.717, 1.165) is 51.4 Å². The Balaban J connectivity index is 4.22. The average Bonchev–Trinajstić information content (AvgIpc) is 3.05. The fourth-order valence-corrected chi connectivity index (χ4v) is 6.16. The van der Waals surface area contributed by atoms with E-state index in [1.54, 1.807) is 0 Å². The van der Waals surface area contributed by atoms with E-state index in [4.69, 9.17) is 18.5 Å². The van der Waals surface area contributed by atoms with Crippen molar-refractivity contribution in [3.8, 4) is 0 Å². The van der Waals surface area contributed by atoms with Gasteiger partial charge < -0.3 is 14.4 Å². The van der Waals surface area contributed by atoms with Gasteiger partial charge in [0.25, 0.3) is 0 Å². The maximum Gasteiger partial charge on any atom is 0.472 e. The Hall–Kier alpha value is -1.21. The summed E-state index contributed by atoms with van der Waals surface area (Å²) in [5, 5.41) is 0. The predicted molar refractivity (Wildman–Crippen MR) is 193 cm³/mol. The van der Waals surface area contributed by atoms with Gasteiger partial charge in [-0.3, -0.25) is 18.6 Å². The number of esters is 2. The number of allylic oxidation sites excluding steroid dienone is 2. The van der Waals surface area contributed by atoms with Crippen LogP contribution in [-0.2, 0) is 32.7 Å². The van der Waals surface area contributed by atoms with Crippen LogP contribution in [0.3, 0.4) is 0 Å². The summed E-state index contributed by atoms with van der Waals surface area (Å²) in [6.07, 6.45) is 33.1. The first kappa shape index (κ1) is 45.8. The molecule has 1 N–H and O–H groups in total. The van der Waals surface area contributed by atoms with Crippen molar-refractivity contribution in [3.05, 3.63) is 12.2 Å². The molecule has 0 fully saturated rings. The molecule has 0 aliphatic carbocycles. The number of unbranched alkanes of at least 4 members (excludes halogenated alkanes) is 21. The van der Waals surface area contributed by atoms with Crippen LogP contribution in [0.25, 0.3) is 0 Å². The van der Waals surface area contributed by atoms with E-state index in [9.17, 15) is 19.0 Å². The molecule has 0 aliphatic rings. The minimum absolute atomic E-state index is 0.0711. The zero-order valence-electron chi connectivity index (χ0n) is 30.7. The summed E-state index contributed by atoms with van der Waals surface area (Å²) >= 11 is 0. The molecule has 1 unspecified atom stereocenters. The third-order valence-corrected chi connectivity index (χ3v) is 9.22. The minimum Gasteiger partial charge on any atom is -0.462 e. The van der Waals surface area contributed by atoms with E-state index < -0.39 is 19.9 Å². The Morgan fingerprint density at radius 1 is 0.553 bits per heavy atom. The van der Waals surface area contributed by atoms with E-state index >= 15 is 0 Å². The van der Waals surface area contributed by atoms with Gasteiger partial charge in [-0.1, -0.05) is 148 Å². The van der Waals surface area contributed by atoms with Crippen molar-refractivity contribution < 1.29 is 37.6 Å². The highest BCUT2D eigenvalue weighted by molar-refractivity contribution is 7.47. The molecule has 0 aromatic carbocycles. The smallest absolute Gasteiger partial charge is 0.462 e. The molecule has 0 saturated heterocycles. The Morgan fingerprint density at radius 3 is 1.47 bits per heavy atom. The number of carbonyl (C=O) groups is 2. The summed E-state index contributed by atoms with van der Waals surface area (Å²) in [5.74, 6) is -0.797. The Kier molecular flexibility index (Phi) is 33.8. The highest BCUT2D eigenvalue weighted by Gasteiger charge is 2.25. The number of ether oxygens (including phenoxy) is 2. The molecule has 0 rings (SSSR count). The molecule has 0 aliphatic heterocycles. The molecule has 0 saturated carbocycles. The second-order valence-corrected chi connectivity index (χ2v) is 14.5. The zero-order valence-corrected chi connectivity index (χ0v) is 31.6. The number of hydrogen-bond donors (Lipinski definition) is 1. The molecule has 278 valence electrons. The van der Waals surface area contributed by atoms with Gasteiger partial charge >= 0.3 is 19.8 Å². The number of hydrogen-bond acceptors (Lipinski definition) is 7. The highest BCUT2D eigenvalue weighted by Crippen LogP contribution is 2.43. The van der Waals surface area contributed by atoms with Gasteiger partial charge in [-0.15, -0.1) is 0 Å². The van der Waals surface area contributed by atoms with E-state index in [1.165, 1.54) is 96.3 Å². The van der Waals surface area contributed by atoms with Crippen molar-refractivity contribution in [3.63, 3.8) is 0 Å². The number of phosphoric acid groups is 1. The second kappa shape index (κ2) is 34.6. The monoisotopic (exact) mass is 689 g/mol. The van der Waals surface area contributed by atoms with E-state index in [-0.39, 0.29) is 32.2 Å². The van der Waals surface area contributed by atoms with Crippen LogP contribution < -0.4 is 0 Å². The predicted octanol–water partition coefficient (Wildman–Crippen LogP) is 11.7. The SMILES string of the molecule is CCCCCC/C=C\CCCCCCCC(=O)O[C@H](COC(=O)CCCCCCCCCCCCCCC)COP(=O)(O)OCCC. The van der Waals surface area contributed by atoms with Crippen LogP contribution in [0, 0.1) is 0 Å². The second-order valence-electron chi connectivity index (χ2n) is 13.0. The summed E-state index contributed by atoms with van der Waals surface area (Å²) in [5.41, 5.74) is 0. The van der Waals surface area contributed by atoms with Crippen LogP contribution in [0.15, 0.2) is 12.2 Å². The van der Waals surface area contributed by atoms with Crippen molar-refractivity contribution >= 4 is 19.8 Å². The fourth-order valence-electron chi connectivity index (χ4n) is 5.31. The van der Waals surface area contributed by atoms with Crippen LogP contribution >= 0.6 is 7.82 Å². The van der Waals surface area contributed by atoms with Gasteiger partial charge in [0.05, 0.1) is 13.2 Å². The normalized spacial score (nSPS) is 13.5. The van der Waals surface area contributed by atoms with Gasteiger partial charge in [-0.05, 0) is 44.9 Å². The van der Waals surface area contributed by atoms with Crippen LogP contribution in [0.4, 0.5) is 0 Å². The first-order chi connectivity index (χ1) is 22.8. The summed E-state index contributed by atoms with van der Waals surface area (Å²) in [7, 11) is -4.29. The molecule has 8 nitrogen and oxygen atoms in total. The molecular weight excluding hydrogens is 615 g/mol. The number of phosphoric ester groups is 1. The summed E-state index contributed by atoms with van der Waals surface area (Å²) in [4.78, 5) is 34.8. The van der Waals surface area contributed by atoms with E-state index in [0.29, 0.717) is 19.3 Å². The Labute approximate surface area is 289 Å². The molecule has 0 bridgehead atoms. The van der Waals surface area contributed by atoms with Crippen LogP contribution in [0.2, 0.25) is 0 Å². The van der Waals surface area contributed by atoms with Gasteiger partial charge in [0.2, 0.25) is 0 Å². The Bertz CT molecular complexity index is 788. The van der Waals surface area contributed by atoms with Crippen LogP contribution in [0.5, 0.6) is 0 Å². The van der Waals surface area contributed by atoms with Gasteiger partial charge in [0.15, 0.2) is 6.10 Å². The first-order valence-electron chi connectivity index (χ1n) is 19.5. The topological polar surface area (TPSA) is 108 Å². The van der Waals surface area contributed by atoms with Crippen molar-refractivity contribution in [2.75, 3.05) is 19.8 Å². The molecule has 0 aromatic heterocycles. The van der Waals surface area contributed by atoms with Gasteiger partial charge in [0, 0.05) is 12.8 Å². The van der Waals surface area contributed by atoms with Gasteiger partial charge in [0.1, 0.15) is 6.61 Å². The van der Waals surface area contributed by atoms with Gasteiger partial charge in [-0.2, -0.15) is 0 Å². The number of rotatable bonds is 36. The van der Waals surface area contributed by atoms with Crippen molar-refractivity contribution in [1.82, 2.24) is 0 Å². The maximum atomic E-state index is 12.5. The lowest BCUT2D eigenvalue weighted by Crippen LogP contribution is -2.29. The molecule has 0 amide bonds. The summed E-state index contributed by atoms with van der Waals surface area (Å²) in [6, 6.07) is 0. The lowest BCUT2D eigenvalue weighted by molar-refractivity contribution is -0.161. The highest BCUT2D eigenvalue weighted by atomic mass is 31.2. The standard InChI is InChI=1S/C38H73O8P/c1-4-7-9-11-13-15-17-19-21-23-25-27-29-31-37(39)43-34-36(35-45-47(41,42)44-33-6-3)46-38(40)32-30-28-26-24-22-20-18-16-14-12-10-8-5-2/h16,18,36H,4-15,17,19-35H2,1-3H3,(H,41,42)/b18-16-/t36-/m1/s1. The molecular formula is C38H73O8P. The third kappa shape index (κ3) is 34.5. The third-order valence-electron chi connectivity index (χ3n) is 8.24. The average molecular weight is 689 g/mol. The molecule has 2 atom stereocenters. The molecule has 0 aromatic rings. The zero-order chi connectivity index (χ0) is 34.7. The molecule has 47 heavy (non-hydrogen) atoms. The lowest BCUT2D eigenvalue weighted by atomic mass is 10.0. The molecule has 0 radical (unpaired) electrons. The van der Waals surface area contributed by atoms with Crippen molar-refractivity contribution in [1.29, 1.82) is 0 Å².